The number of benzene rings is 1. The molecule has 4 rings (SSSR count). The average molecular weight is 288 g/mol. The molecule has 2 aliphatic heterocycles. The molecule has 1 aromatic rings. The van der Waals surface area contributed by atoms with E-state index >= 15 is 0 Å². The van der Waals surface area contributed by atoms with Crippen LogP contribution in [0.2, 0.25) is 5.02 Å². The van der Waals surface area contributed by atoms with Crippen LogP contribution in [-0.4, -0.2) is 22.9 Å². The van der Waals surface area contributed by atoms with Crippen LogP contribution in [0.4, 0.5) is 0 Å². The second kappa shape index (κ2) is 4.63. The molecule has 20 heavy (non-hydrogen) atoms. The summed E-state index contributed by atoms with van der Waals surface area (Å²) in [4.78, 5) is 14.9. The monoisotopic (exact) mass is 287 g/mol. The molecule has 0 N–H and O–H groups in total. The van der Waals surface area contributed by atoms with Crippen molar-refractivity contribution in [3.05, 3.63) is 46.0 Å². The first-order chi connectivity index (χ1) is 9.72. The molecule has 3 aliphatic rings. The number of rotatable bonds is 1. The fraction of sp³-hybridized carbons (Fsp3) is 0.471. The summed E-state index contributed by atoms with van der Waals surface area (Å²) in [6.07, 6.45) is 7.14. The number of carbonyl (C=O) groups excluding carboxylic acids is 1. The summed E-state index contributed by atoms with van der Waals surface area (Å²) in [5, 5.41) is 0.640. The van der Waals surface area contributed by atoms with Crippen LogP contribution in [-0.2, 0) is 0 Å². The summed E-state index contributed by atoms with van der Waals surface area (Å²) < 4.78 is 0. The average Bonchev–Trinajstić information content (AvgIpc) is 3.24. The van der Waals surface area contributed by atoms with E-state index in [1.165, 1.54) is 12.8 Å². The summed E-state index contributed by atoms with van der Waals surface area (Å²) in [5.41, 5.74) is 4.07. The van der Waals surface area contributed by atoms with Crippen molar-refractivity contribution in [2.75, 3.05) is 0 Å². The van der Waals surface area contributed by atoms with Gasteiger partial charge in [0.1, 0.15) is 0 Å². The molecule has 3 heteroatoms. The molecule has 1 amide bonds. The van der Waals surface area contributed by atoms with Gasteiger partial charge in [-0.2, -0.15) is 0 Å². The van der Waals surface area contributed by atoms with Gasteiger partial charge in [-0.1, -0.05) is 28.8 Å². The summed E-state index contributed by atoms with van der Waals surface area (Å²) in [6.45, 7) is 0. The van der Waals surface area contributed by atoms with E-state index in [9.17, 15) is 4.79 Å². The maximum absolute atomic E-state index is 12.8. The third-order valence-electron chi connectivity index (χ3n) is 4.89. The molecule has 0 aromatic heterocycles. The molecule has 0 radical (unpaired) electrons. The van der Waals surface area contributed by atoms with Gasteiger partial charge in [0, 0.05) is 22.7 Å². The molecule has 2 bridgehead atoms. The first-order valence-corrected chi connectivity index (χ1v) is 7.88. The number of allylic oxidation sites excluding steroid dienone is 1. The van der Waals surface area contributed by atoms with Crippen LogP contribution in [0.25, 0.3) is 0 Å². The standard InChI is InChI=1S/C17H18ClNO/c18-14-3-1-2-12(8-14)17(20)19-15-6-7-16(19)10-13(9-15)11-4-5-11/h1-3,8,15-16H,4-7,9-10H2. The highest BCUT2D eigenvalue weighted by molar-refractivity contribution is 6.30. The zero-order valence-electron chi connectivity index (χ0n) is 11.4. The lowest BCUT2D eigenvalue weighted by Gasteiger charge is -2.36. The molecular weight excluding hydrogens is 270 g/mol. The van der Waals surface area contributed by atoms with E-state index in [1.807, 2.05) is 18.2 Å². The fourth-order valence-electron chi connectivity index (χ4n) is 3.82. The molecular formula is C17H18ClNO. The van der Waals surface area contributed by atoms with Crippen LogP contribution < -0.4 is 0 Å². The maximum Gasteiger partial charge on any atom is 0.254 e. The van der Waals surface area contributed by atoms with E-state index in [0.717, 1.165) is 31.2 Å². The smallest absolute Gasteiger partial charge is 0.254 e. The van der Waals surface area contributed by atoms with Crippen molar-refractivity contribution in [1.82, 2.24) is 4.90 Å². The van der Waals surface area contributed by atoms with Gasteiger partial charge in [-0.25, -0.2) is 0 Å². The van der Waals surface area contributed by atoms with E-state index in [1.54, 1.807) is 17.2 Å². The van der Waals surface area contributed by atoms with Gasteiger partial charge in [0.25, 0.3) is 5.91 Å². The second-order valence-corrected chi connectivity index (χ2v) is 6.66. The molecule has 2 heterocycles. The third kappa shape index (κ3) is 2.07. The molecule has 2 atom stereocenters. The van der Waals surface area contributed by atoms with Crippen LogP contribution in [0.15, 0.2) is 35.4 Å². The quantitative estimate of drug-likeness (QED) is 0.709. The zero-order chi connectivity index (χ0) is 13.7. The Morgan fingerprint density at radius 3 is 2.40 bits per heavy atom. The van der Waals surface area contributed by atoms with E-state index in [-0.39, 0.29) is 5.91 Å². The Labute approximate surface area is 124 Å². The molecule has 1 aliphatic carbocycles. The summed E-state index contributed by atoms with van der Waals surface area (Å²) in [7, 11) is 0. The minimum absolute atomic E-state index is 0.167. The van der Waals surface area contributed by atoms with Gasteiger partial charge in [-0.05, 0) is 56.7 Å². The SMILES string of the molecule is O=C(c1cccc(Cl)c1)N1C2CCC1CC(=C1CC1)C2. The number of fused-ring (bicyclic) bond motifs is 2. The van der Waals surface area contributed by atoms with Gasteiger partial charge >= 0.3 is 0 Å². The predicted octanol–water partition coefficient (Wildman–Crippen LogP) is 4.20. The summed E-state index contributed by atoms with van der Waals surface area (Å²) >= 11 is 6.01. The summed E-state index contributed by atoms with van der Waals surface area (Å²) in [6, 6.07) is 8.19. The van der Waals surface area contributed by atoms with Gasteiger partial charge < -0.3 is 4.90 Å². The van der Waals surface area contributed by atoms with Crippen molar-refractivity contribution < 1.29 is 4.79 Å². The molecule has 3 fully saturated rings. The Hall–Kier alpha value is -1.28. The third-order valence-corrected chi connectivity index (χ3v) is 5.13. The van der Waals surface area contributed by atoms with Gasteiger partial charge in [0.2, 0.25) is 0 Å². The van der Waals surface area contributed by atoms with Crippen molar-refractivity contribution in [2.24, 2.45) is 0 Å². The second-order valence-electron chi connectivity index (χ2n) is 6.22. The van der Waals surface area contributed by atoms with E-state index < -0.39 is 0 Å². The lowest BCUT2D eigenvalue weighted by molar-refractivity contribution is 0.0634. The van der Waals surface area contributed by atoms with Crippen molar-refractivity contribution in [3.8, 4) is 0 Å². The molecule has 2 nitrogen and oxygen atoms in total. The number of amides is 1. The Bertz CT molecular complexity index is 585. The Balaban J connectivity index is 1.60. The van der Waals surface area contributed by atoms with Crippen LogP contribution in [0, 0.1) is 0 Å². The van der Waals surface area contributed by atoms with Crippen LogP contribution in [0.1, 0.15) is 48.9 Å². The molecule has 2 unspecified atom stereocenters. The number of nitrogens with zero attached hydrogens (tertiary/aromatic N) is 1. The highest BCUT2D eigenvalue weighted by atomic mass is 35.5. The van der Waals surface area contributed by atoms with Crippen molar-refractivity contribution in [3.63, 3.8) is 0 Å². The van der Waals surface area contributed by atoms with Crippen molar-refractivity contribution in [1.29, 1.82) is 0 Å². The minimum Gasteiger partial charge on any atom is -0.332 e. The van der Waals surface area contributed by atoms with Crippen LogP contribution in [0.5, 0.6) is 0 Å². The van der Waals surface area contributed by atoms with Gasteiger partial charge in [-0.3, -0.25) is 4.79 Å². The number of hydrogen-bond donors (Lipinski definition) is 0. The van der Waals surface area contributed by atoms with Gasteiger partial charge in [0.15, 0.2) is 0 Å². The Morgan fingerprint density at radius 1 is 1.10 bits per heavy atom. The predicted molar refractivity (Wildman–Crippen MR) is 79.9 cm³/mol. The normalized spacial score (nSPS) is 27.9. The van der Waals surface area contributed by atoms with E-state index in [4.69, 9.17) is 11.6 Å². The Kier molecular flexibility index (Phi) is 2.88. The number of carbonyl (C=O) groups is 1. The lowest BCUT2D eigenvalue weighted by Crippen LogP contribution is -2.44. The first-order valence-electron chi connectivity index (χ1n) is 7.50. The number of piperidine rings is 1. The van der Waals surface area contributed by atoms with Crippen molar-refractivity contribution >= 4 is 17.5 Å². The largest absolute Gasteiger partial charge is 0.332 e. The van der Waals surface area contributed by atoms with Crippen molar-refractivity contribution in [2.45, 2.75) is 50.6 Å². The van der Waals surface area contributed by atoms with Crippen LogP contribution in [0.3, 0.4) is 0 Å². The molecule has 1 saturated carbocycles. The van der Waals surface area contributed by atoms with Crippen LogP contribution >= 0.6 is 11.6 Å². The summed E-state index contributed by atoms with van der Waals surface area (Å²) in [5.74, 6) is 0.167. The topological polar surface area (TPSA) is 20.3 Å². The van der Waals surface area contributed by atoms with Gasteiger partial charge in [-0.15, -0.1) is 0 Å². The lowest BCUT2D eigenvalue weighted by atomic mass is 9.95. The highest BCUT2D eigenvalue weighted by Crippen LogP contribution is 2.45. The Morgan fingerprint density at radius 2 is 1.80 bits per heavy atom. The molecule has 2 saturated heterocycles. The zero-order valence-corrected chi connectivity index (χ0v) is 12.2. The fourth-order valence-corrected chi connectivity index (χ4v) is 4.01. The number of halogens is 1. The molecule has 1 aromatic carbocycles. The first kappa shape index (κ1) is 12.5. The number of hydrogen-bond acceptors (Lipinski definition) is 1. The molecule has 0 spiro atoms. The van der Waals surface area contributed by atoms with E-state index in [2.05, 4.69) is 4.90 Å². The molecule has 104 valence electrons. The highest BCUT2D eigenvalue weighted by Gasteiger charge is 2.42. The van der Waals surface area contributed by atoms with Gasteiger partial charge in [0.05, 0.1) is 0 Å². The minimum atomic E-state index is 0.167. The maximum atomic E-state index is 12.8. The van der Waals surface area contributed by atoms with E-state index in [0.29, 0.717) is 17.1 Å².